The van der Waals surface area contributed by atoms with Gasteiger partial charge in [-0.3, -0.25) is 0 Å². The van der Waals surface area contributed by atoms with Crippen molar-refractivity contribution in [1.29, 1.82) is 0 Å². The van der Waals surface area contributed by atoms with Crippen LogP contribution in [0.2, 0.25) is 5.02 Å². The van der Waals surface area contributed by atoms with Gasteiger partial charge in [0.15, 0.2) is 9.84 Å². The lowest BCUT2D eigenvalue weighted by molar-refractivity contribution is 0.531. The van der Waals surface area contributed by atoms with Gasteiger partial charge in [0.05, 0.1) is 10.1 Å². The minimum absolute atomic E-state index is 0.256. The Hall–Kier alpha value is -0.580. The summed E-state index contributed by atoms with van der Waals surface area (Å²) in [6.45, 7) is 0. The highest BCUT2D eigenvalue weighted by Crippen LogP contribution is 2.27. The van der Waals surface area contributed by atoms with Gasteiger partial charge in [-0.25, -0.2) is 8.42 Å². The lowest BCUT2D eigenvalue weighted by Crippen LogP contribution is -2.39. The highest BCUT2D eigenvalue weighted by atomic mass is 35.5. The van der Waals surface area contributed by atoms with Crippen LogP contribution in [0.15, 0.2) is 29.2 Å². The van der Waals surface area contributed by atoms with Gasteiger partial charge >= 0.3 is 0 Å². The number of hydrogen-bond donors (Lipinski definition) is 1. The monoisotopic (exact) mass is 287 g/mol. The van der Waals surface area contributed by atoms with Gasteiger partial charge in [-0.15, -0.1) is 0 Å². The van der Waals surface area contributed by atoms with E-state index in [9.17, 15) is 8.42 Å². The maximum atomic E-state index is 12.5. The molecular formula is C13H18ClNO2S. The molecule has 3 nitrogen and oxygen atoms in total. The van der Waals surface area contributed by atoms with Crippen LogP contribution in [0.5, 0.6) is 0 Å². The zero-order chi connectivity index (χ0) is 13.2. The predicted molar refractivity (Wildman–Crippen MR) is 73.5 cm³/mol. The second-order valence-electron chi connectivity index (χ2n) is 4.84. The summed E-state index contributed by atoms with van der Waals surface area (Å²) in [5.41, 5.74) is 6.03. The first-order valence-electron chi connectivity index (χ1n) is 6.27. The quantitative estimate of drug-likeness (QED) is 0.851. The first-order valence-corrected chi connectivity index (χ1v) is 8.19. The van der Waals surface area contributed by atoms with Gasteiger partial charge < -0.3 is 5.73 Å². The third kappa shape index (κ3) is 2.87. The van der Waals surface area contributed by atoms with Crippen molar-refractivity contribution in [3.63, 3.8) is 0 Å². The Morgan fingerprint density at radius 3 is 2.33 bits per heavy atom. The minimum atomic E-state index is -3.33. The molecule has 0 saturated heterocycles. The second-order valence-corrected chi connectivity index (χ2v) is 7.44. The topological polar surface area (TPSA) is 60.2 Å². The fraction of sp³-hybridized carbons (Fsp3) is 0.538. The van der Waals surface area contributed by atoms with Crippen LogP contribution in [-0.4, -0.2) is 19.7 Å². The Bertz CT molecular complexity index is 498. The van der Waals surface area contributed by atoms with Gasteiger partial charge in [0.1, 0.15) is 0 Å². The molecule has 18 heavy (non-hydrogen) atoms. The molecule has 0 spiro atoms. The van der Waals surface area contributed by atoms with E-state index in [0.29, 0.717) is 16.3 Å². The fourth-order valence-electron chi connectivity index (χ4n) is 2.49. The average Bonchev–Trinajstić information content (AvgIpc) is 2.55. The molecule has 1 fully saturated rings. The smallest absolute Gasteiger partial charge is 0.182 e. The number of benzene rings is 1. The molecule has 2 rings (SSSR count). The lowest BCUT2D eigenvalue weighted by Gasteiger charge is -2.21. The van der Waals surface area contributed by atoms with Crippen LogP contribution in [0, 0.1) is 0 Å². The van der Waals surface area contributed by atoms with E-state index in [-0.39, 0.29) is 6.04 Å². The van der Waals surface area contributed by atoms with Crippen LogP contribution in [0.1, 0.15) is 32.1 Å². The molecule has 0 amide bonds. The number of hydrogen-bond acceptors (Lipinski definition) is 3. The highest BCUT2D eigenvalue weighted by Gasteiger charge is 2.33. The van der Waals surface area contributed by atoms with Crippen molar-refractivity contribution in [3.8, 4) is 0 Å². The van der Waals surface area contributed by atoms with E-state index in [1.54, 1.807) is 24.3 Å². The van der Waals surface area contributed by atoms with Gasteiger partial charge in [-0.1, -0.05) is 30.9 Å². The lowest BCUT2D eigenvalue weighted by atomic mass is 10.1. The normalized spacial score (nSPS) is 25.7. The summed E-state index contributed by atoms with van der Waals surface area (Å²) in [5.74, 6) is 0. The maximum absolute atomic E-state index is 12.5. The summed E-state index contributed by atoms with van der Waals surface area (Å²) >= 11 is 5.78. The standard InChI is InChI=1S/C13H18ClNO2S/c14-10-6-8-11(9-7-10)18(16,17)13-5-3-1-2-4-12(13)15/h6-9,12-13H,1-5,15H2. The molecule has 1 aliphatic carbocycles. The molecule has 1 aromatic rings. The molecule has 1 aromatic carbocycles. The van der Waals surface area contributed by atoms with E-state index in [0.717, 1.165) is 25.7 Å². The summed E-state index contributed by atoms with van der Waals surface area (Å²) in [7, 11) is -3.33. The SMILES string of the molecule is NC1CCCCCC1S(=O)(=O)c1ccc(Cl)cc1. The third-order valence-corrected chi connectivity index (χ3v) is 6.11. The average molecular weight is 288 g/mol. The van der Waals surface area contributed by atoms with Crippen molar-refractivity contribution in [3.05, 3.63) is 29.3 Å². The number of halogens is 1. The summed E-state index contributed by atoms with van der Waals surface area (Å²) < 4.78 is 25.1. The fourth-order valence-corrected chi connectivity index (χ4v) is 4.55. The van der Waals surface area contributed by atoms with Crippen molar-refractivity contribution in [2.45, 2.75) is 48.3 Å². The zero-order valence-electron chi connectivity index (χ0n) is 10.2. The van der Waals surface area contributed by atoms with Crippen molar-refractivity contribution >= 4 is 21.4 Å². The first-order chi connectivity index (χ1) is 8.51. The number of sulfone groups is 1. The molecule has 0 aromatic heterocycles. The summed E-state index contributed by atoms with van der Waals surface area (Å²) in [4.78, 5) is 0.328. The van der Waals surface area contributed by atoms with E-state index < -0.39 is 15.1 Å². The summed E-state index contributed by atoms with van der Waals surface area (Å²) in [6, 6.07) is 6.09. The van der Waals surface area contributed by atoms with E-state index in [4.69, 9.17) is 17.3 Å². The van der Waals surface area contributed by atoms with E-state index in [1.165, 1.54) is 0 Å². The molecule has 2 atom stereocenters. The Kier molecular flexibility index (Phi) is 4.30. The van der Waals surface area contributed by atoms with E-state index in [2.05, 4.69) is 0 Å². The van der Waals surface area contributed by atoms with Gasteiger partial charge in [0.2, 0.25) is 0 Å². The molecule has 0 bridgehead atoms. The Morgan fingerprint density at radius 2 is 1.67 bits per heavy atom. The second kappa shape index (κ2) is 5.59. The third-order valence-electron chi connectivity index (χ3n) is 3.54. The van der Waals surface area contributed by atoms with Crippen LogP contribution in [0.4, 0.5) is 0 Å². The van der Waals surface area contributed by atoms with Gasteiger partial charge in [-0.05, 0) is 37.1 Å². The minimum Gasteiger partial charge on any atom is -0.327 e. The van der Waals surface area contributed by atoms with E-state index in [1.807, 2.05) is 0 Å². The zero-order valence-corrected chi connectivity index (χ0v) is 11.8. The van der Waals surface area contributed by atoms with Crippen LogP contribution >= 0.6 is 11.6 Å². The van der Waals surface area contributed by atoms with Crippen LogP contribution in [0.3, 0.4) is 0 Å². The van der Waals surface area contributed by atoms with Crippen molar-refractivity contribution < 1.29 is 8.42 Å². The van der Waals surface area contributed by atoms with Crippen LogP contribution < -0.4 is 5.73 Å². The van der Waals surface area contributed by atoms with Gasteiger partial charge in [-0.2, -0.15) is 0 Å². The predicted octanol–water partition coefficient (Wildman–Crippen LogP) is 2.77. The van der Waals surface area contributed by atoms with Crippen molar-refractivity contribution in [2.75, 3.05) is 0 Å². The molecule has 2 N–H and O–H groups in total. The van der Waals surface area contributed by atoms with Crippen LogP contribution in [0.25, 0.3) is 0 Å². The summed E-state index contributed by atoms with van der Waals surface area (Å²) in [5, 5.41) is 0.0836. The Morgan fingerprint density at radius 1 is 1.06 bits per heavy atom. The van der Waals surface area contributed by atoms with E-state index >= 15 is 0 Å². The largest absolute Gasteiger partial charge is 0.327 e. The molecule has 0 heterocycles. The first kappa shape index (κ1) is 13.8. The van der Waals surface area contributed by atoms with Crippen molar-refractivity contribution in [2.24, 2.45) is 5.73 Å². The number of rotatable bonds is 2. The number of nitrogens with two attached hydrogens (primary N) is 1. The molecule has 0 radical (unpaired) electrons. The summed E-state index contributed by atoms with van der Waals surface area (Å²) in [6.07, 6.45) is 4.48. The molecule has 5 heteroatoms. The molecule has 1 saturated carbocycles. The molecule has 100 valence electrons. The molecule has 0 aliphatic heterocycles. The maximum Gasteiger partial charge on any atom is 0.182 e. The van der Waals surface area contributed by atoms with Gasteiger partial charge in [0, 0.05) is 11.1 Å². The van der Waals surface area contributed by atoms with Crippen LogP contribution in [-0.2, 0) is 9.84 Å². The molecule has 2 unspecified atom stereocenters. The Balaban J connectivity index is 2.31. The van der Waals surface area contributed by atoms with Gasteiger partial charge in [0.25, 0.3) is 0 Å². The van der Waals surface area contributed by atoms with Crippen molar-refractivity contribution in [1.82, 2.24) is 0 Å². The molecular weight excluding hydrogens is 270 g/mol. The highest BCUT2D eigenvalue weighted by molar-refractivity contribution is 7.92. The Labute approximate surface area is 113 Å². The molecule has 1 aliphatic rings.